The smallest absolute Gasteiger partial charge is 0.368 e. The monoisotopic (exact) mass is 314 g/mol. The minimum atomic E-state index is -4.83. The highest BCUT2D eigenvalue weighted by Crippen LogP contribution is 2.36. The molecule has 0 aliphatic heterocycles. The molecule has 0 spiro atoms. The van der Waals surface area contributed by atoms with Crippen LogP contribution in [0.1, 0.15) is 18.1 Å². The molecule has 21 heavy (non-hydrogen) atoms. The van der Waals surface area contributed by atoms with Crippen LogP contribution in [0.4, 0.5) is 26.3 Å². The number of nitrogens with one attached hydrogen (secondary N) is 1. The SMILES string of the molecule is CC(NCC(F)(F)F)(C(N)=O)c1ccccc1C(F)(F)F. The predicted molar refractivity (Wildman–Crippen MR) is 62.0 cm³/mol. The van der Waals surface area contributed by atoms with Crippen molar-refractivity contribution < 1.29 is 31.1 Å². The van der Waals surface area contributed by atoms with Crippen LogP contribution in [0.2, 0.25) is 0 Å². The van der Waals surface area contributed by atoms with Gasteiger partial charge in [0.25, 0.3) is 0 Å². The van der Waals surface area contributed by atoms with E-state index in [1.54, 1.807) is 5.32 Å². The van der Waals surface area contributed by atoms with Crippen molar-refractivity contribution in [2.24, 2.45) is 5.73 Å². The highest BCUT2D eigenvalue weighted by atomic mass is 19.4. The van der Waals surface area contributed by atoms with E-state index in [0.717, 1.165) is 19.1 Å². The van der Waals surface area contributed by atoms with Crippen LogP contribution >= 0.6 is 0 Å². The molecule has 1 unspecified atom stereocenters. The van der Waals surface area contributed by atoms with Crippen molar-refractivity contribution in [3.8, 4) is 0 Å². The fraction of sp³-hybridized carbons (Fsp3) is 0.417. The quantitative estimate of drug-likeness (QED) is 0.839. The van der Waals surface area contributed by atoms with Gasteiger partial charge in [-0.15, -0.1) is 0 Å². The number of alkyl halides is 6. The van der Waals surface area contributed by atoms with E-state index < -0.39 is 41.5 Å². The number of carbonyl (C=O) groups is 1. The Balaban J connectivity index is 3.33. The molecule has 1 atom stereocenters. The van der Waals surface area contributed by atoms with E-state index >= 15 is 0 Å². The van der Waals surface area contributed by atoms with Gasteiger partial charge in [-0.2, -0.15) is 26.3 Å². The van der Waals surface area contributed by atoms with E-state index in [4.69, 9.17) is 5.73 Å². The molecule has 3 nitrogen and oxygen atoms in total. The van der Waals surface area contributed by atoms with Crippen molar-refractivity contribution in [2.45, 2.75) is 24.8 Å². The maximum absolute atomic E-state index is 12.9. The lowest BCUT2D eigenvalue weighted by Gasteiger charge is -2.31. The van der Waals surface area contributed by atoms with Crippen molar-refractivity contribution in [1.82, 2.24) is 5.32 Å². The predicted octanol–water partition coefficient (Wildman–Crippen LogP) is 2.56. The summed E-state index contributed by atoms with van der Waals surface area (Å²) >= 11 is 0. The lowest BCUT2D eigenvalue weighted by Crippen LogP contribution is -2.53. The molecule has 1 aromatic carbocycles. The zero-order chi connectivity index (χ0) is 16.5. The van der Waals surface area contributed by atoms with E-state index in [1.165, 1.54) is 6.07 Å². The molecule has 0 heterocycles. The number of carbonyl (C=O) groups excluding carboxylic acids is 1. The normalized spacial score (nSPS) is 15.6. The first kappa shape index (κ1) is 17.3. The molecular formula is C12H12F6N2O. The third-order valence-corrected chi connectivity index (χ3v) is 2.91. The van der Waals surface area contributed by atoms with E-state index in [1.807, 2.05) is 0 Å². The largest absolute Gasteiger partial charge is 0.416 e. The van der Waals surface area contributed by atoms with Crippen LogP contribution < -0.4 is 11.1 Å². The third kappa shape index (κ3) is 4.10. The summed E-state index contributed by atoms with van der Waals surface area (Å²) < 4.78 is 75.5. The molecule has 0 aliphatic carbocycles. The van der Waals surface area contributed by atoms with Crippen molar-refractivity contribution in [3.05, 3.63) is 35.4 Å². The molecule has 0 saturated heterocycles. The molecule has 118 valence electrons. The van der Waals surface area contributed by atoms with Crippen LogP contribution in [0.25, 0.3) is 0 Å². The van der Waals surface area contributed by atoms with Crippen LogP contribution in [0.5, 0.6) is 0 Å². The minimum Gasteiger partial charge on any atom is -0.368 e. The Kier molecular flexibility index (Phi) is 4.57. The highest BCUT2D eigenvalue weighted by molar-refractivity contribution is 5.86. The first-order chi connectivity index (χ1) is 9.38. The second-order valence-electron chi connectivity index (χ2n) is 4.50. The molecule has 1 amide bonds. The molecule has 0 fully saturated rings. The molecule has 0 saturated carbocycles. The van der Waals surface area contributed by atoms with Gasteiger partial charge in [-0.05, 0) is 18.6 Å². The summed E-state index contributed by atoms with van der Waals surface area (Å²) in [6, 6.07) is 3.83. The summed E-state index contributed by atoms with van der Waals surface area (Å²) in [6.07, 6.45) is -9.53. The Labute approximate surface area is 116 Å². The highest BCUT2D eigenvalue weighted by Gasteiger charge is 2.44. The summed E-state index contributed by atoms with van der Waals surface area (Å²) in [5.41, 5.74) is 0.825. The second-order valence-corrected chi connectivity index (χ2v) is 4.50. The second kappa shape index (κ2) is 5.55. The number of rotatable bonds is 4. The van der Waals surface area contributed by atoms with E-state index in [2.05, 4.69) is 0 Å². The van der Waals surface area contributed by atoms with Crippen LogP contribution in [0.3, 0.4) is 0 Å². The Morgan fingerprint density at radius 2 is 1.57 bits per heavy atom. The lowest BCUT2D eigenvalue weighted by atomic mass is 9.87. The summed E-state index contributed by atoms with van der Waals surface area (Å²) in [4.78, 5) is 11.4. The molecule has 3 N–H and O–H groups in total. The van der Waals surface area contributed by atoms with Crippen molar-refractivity contribution in [2.75, 3.05) is 6.54 Å². The fourth-order valence-corrected chi connectivity index (χ4v) is 1.76. The molecule has 0 radical (unpaired) electrons. The maximum atomic E-state index is 12.9. The Morgan fingerprint density at radius 3 is 1.95 bits per heavy atom. The van der Waals surface area contributed by atoms with Crippen LogP contribution in [0.15, 0.2) is 24.3 Å². The number of hydrogen-bond acceptors (Lipinski definition) is 2. The van der Waals surface area contributed by atoms with Gasteiger partial charge in [0.2, 0.25) is 5.91 Å². The van der Waals surface area contributed by atoms with Gasteiger partial charge < -0.3 is 5.73 Å². The Bertz CT molecular complexity index is 525. The van der Waals surface area contributed by atoms with Crippen LogP contribution in [-0.4, -0.2) is 18.6 Å². The third-order valence-electron chi connectivity index (χ3n) is 2.91. The van der Waals surface area contributed by atoms with Crippen molar-refractivity contribution >= 4 is 5.91 Å². The average Bonchev–Trinajstić information content (AvgIpc) is 2.34. The van der Waals surface area contributed by atoms with E-state index in [9.17, 15) is 31.1 Å². The molecule has 1 aromatic rings. The number of hydrogen-bond donors (Lipinski definition) is 2. The molecule has 0 aliphatic rings. The summed E-state index contributed by atoms with van der Waals surface area (Å²) in [5.74, 6) is -1.34. The standard InChI is InChI=1S/C12H12F6N2O/c1-10(9(19)21,20-6-11(13,14)15)7-4-2-3-5-8(7)12(16,17)18/h2-5,20H,6H2,1H3,(H2,19,21). The van der Waals surface area contributed by atoms with Gasteiger partial charge in [-0.1, -0.05) is 18.2 Å². The minimum absolute atomic E-state index is 0.658. The Hall–Kier alpha value is -1.77. The Morgan fingerprint density at radius 1 is 1.10 bits per heavy atom. The number of nitrogens with two attached hydrogens (primary N) is 1. The van der Waals surface area contributed by atoms with Gasteiger partial charge in [-0.3, -0.25) is 10.1 Å². The lowest BCUT2D eigenvalue weighted by molar-refractivity contribution is -0.141. The molecule has 0 aromatic heterocycles. The van der Waals surface area contributed by atoms with E-state index in [-0.39, 0.29) is 0 Å². The zero-order valence-electron chi connectivity index (χ0n) is 10.8. The topological polar surface area (TPSA) is 55.1 Å². The van der Waals surface area contributed by atoms with Crippen molar-refractivity contribution in [1.29, 1.82) is 0 Å². The molecular weight excluding hydrogens is 302 g/mol. The molecule has 9 heteroatoms. The maximum Gasteiger partial charge on any atom is 0.416 e. The molecule has 1 rings (SSSR count). The van der Waals surface area contributed by atoms with E-state index in [0.29, 0.717) is 6.07 Å². The number of benzene rings is 1. The fourth-order valence-electron chi connectivity index (χ4n) is 1.76. The van der Waals surface area contributed by atoms with Gasteiger partial charge in [0.15, 0.2) is 0 Å². The van der Waals surface area contributed by atoms with Gasteiger partial charge in [0, 0.05) is 0 Å². The summed E-state index contributed by atoms with van der Waals surface area (Å²) in [5, 5.41) is 1.76. The van der Waals surface area contributed by atoms with Gasteiger partial charge in [-0.25, -0.2) is 0 Å². The van der Waals surface area contributed by atoms with Crippen LogP contribution in [-0.2, 0) is 16.5 Å². The molecule has 0 bridgehead atoms. The zero-order valence-corrected chi connectivity index (χ0v) is 10.8. The van der Waals surface area contributed by atoms with Gasteiger partial charge in [0.1, 0.15) is 5.54 Å². The number of halogens is 6. The summed E-state index contributed by atoms with van der Waals surface area (Å²) in [6.45, 7) is -0.774. The van der Waals surface area contributed by atoms with Gasteiger partial charge in [0.05, 0.1) is 12.1 Å². The first-order valence-corrected chi connectivity index (χ1v) is 5.66. The number of amides is 1. The van der Waals surface area contributed by atoms with Crippen LogP contribution in [0, 0.1) is 0 Å². The average molecular weight is 314 g/mol. The number of primary amides is 1. The van der Waals surface area contributed by atoms with Crippen molar-refractivity contribution in [3.63, 3.8) is 0 Å². The summed E-state index contributed by atoms with van der Waals surface area (Å²) in [7, 11) is 0. The first-order valence-electron chi connectivity index (χ1n) is 5.66. The van der Waals surface area contributed by atoms with Gasteiger partial charge >= 0.3 is 12.4 Å².